The van der Waals surface area contributed by atoms with Crippen molar-refractivity contribution >= 4 is 5.82 Å². The van der Waals surface area contributed by atoms with Crippen molar-refractivity contribution in [3.63, 3.8) is 0 Å². The minimum absolute atomic E-state index is 0.552. The van der Waals surface area contributed by atoms with Crippen LogP contribution in [-0.4, -0.2) is 17.2 Å². The molecule has 2 rings (SSSR count). The summed E-state index contributed by atoms with van der Waals surface area (Å²) in [6, 6.07) is 5.94. The SMILES string of the molecule is Cc1cc(C)c(C)c(-c2ccc(N(C)C#N)nn2)c1C. The zero-order valence-corrected chi connectivity index (χ0v) is 12.5. The van der Waals surface area contributed by atoms with E-state index in [9.17, 15) is 0 Å². The number of hydrogen-bond donors (Lipinski definition) is 0. The second kappa shape index (κ2) is 5.30. The lowest BCUT2D eigenvalue weighted by atomic mass is 9.92. The van der Waals surface area contributed by atoms with Crippen LogP contribution in [0.2, 0.25) is 0 Å². The quantitative estimate of drug-likeness (QED) is 0.618. The molecule has 2 aromatic rings. The Balaban J connectivity index is 2.56. The van der Waals surface area contributed by atoms with Crippen LogP contribution in [0, 0.1) is 39.1 Å². The summed E-state index contributed by atoms with van der Waals surface area (Å²) in [4.78, 5) is 1.39. The van der Waals surface area contributed by atoms with Crippen LogP contribution in [0.25, 0.3) is 11.3 Å². The van der Waals surface area contributed by atoms with Gasteiger partial charge in [0.1, 0.15) is 0 Å². The van der Waals surface area contributed by atoms with Crippen molar-refractivity contribution in [3.05, 3.63) is 40.5 Å². The van der Waals surface area contributed by atoms with Gasteiger partial charge in [0.05, 0.1) is 5.69 Å². The Kier molecular flexibility index (Phi) is 3.71. The maximum atomic E-state index is 8.84. The van der Waals surface area contributed by atoms with Crippen LogP contribution >= 0.6 is 0 Å². The molecule has 0 aliphatic rings. The summed E-state index contributed by atoms with van der Waals surface area (Å²) in [5.41, 5.74) is 6.95. The van der Waals surface area contributed by atoms with Crippen molar-refractivity contribution in [2.24, 2.45) is 0 Å². The number of aromatic nitrogens is 2. The normalized spacial score (nSPS) is 10.2. The lowest BCUT2D eigenvalue weighted by molar-refractivity contribution is 0.990. The van der Waals surface area contributed by atoms with Crippen molar-refractivity contribution in [2.45, 2.75) is 27.7 Å². The molecule has 0 amide bonds. The molecule has 0 spiro atoms. The van der Waals surface area contributed by atoms with Gasteiger partial charge in [-0.15, -0.1) is 10.2 Å². The predicted molar refractivity (Wildman–Crippen MR) is 80.4 cm³/mol. The smallest absolute Gasteiger partial charge is 0.185 e. The summed E-state index contributed by atoms with van der Waals surface area (Å²) in [6.45, 7) is 8.43. The van der Waals surface area contributed by atoms with E-state index in [1.165, 1.54) is 27.2 Å². The van der Waals surface area contributed by atoms with Gasteiger partial charge >= 0.3 is 0 Å². The van der Waals surface area contributed by atoms with Crippen molar-refractivity contribution in [1.82, 2.24) is 10.2 Å². The number of nitrogens with zero attached hydrogens (tertiary/aromatic N) is 4. The zero-order chi connectivity index (χ0) is 14.9. The van der Waals surface area contributed by atoms with E-state index in [1.54, 1.807) is 7.05 Å². The molecule has 0 N–H and O–H groups in total. The summed E-state index contributed by atoms with van der Waals surface area (Å²) in [7, 11) is 1.66. The number of nitriles is 1. The van der Waals surface area contributed by atoms with Gasteiger partial charge in [0.25, 0.3) is 0 Å². The van der Waals surface area contributed by atoms with E-state index in [2.05, 4.69) is 44.0 Å². The van der Waals surface area contributed by atoms with Crippen LogP contribution < -0.4 is 4.90 Å². The van der Waals surface area contributed by atoms with Gasteiger partial charge in [0.15, 0.2) is 12.0 Å². The minimum atomic E-state index is 0.552. The van der Waals surface area contributed by atoms with E-state index in [1.807, 2.05) is 18.3 Å². The Morgan fingerprint density at radius 3 is 2.05 bits per heavy atom. The minimum Gasteiger partial charge on any atom is -0.265 e. The fraction of sp³-hybridized carbons (Fsp3) is 0.312. The van der Waals surface area contributed by atoms with Crippen molar-refractivity contribution in [2.75, 3.05) is 11.9 Å². The molecule has 4 nitrogen and oxygen atoms in total. The molecular formula is C16H18N4. The Hall–Kier alpha value is -2.41. The summed E-state index contributed by atoms with van der Waals surface area (Å²) in [5, 5.41) is 17.2. The number of hydrogen-bond acceptors (Lipinski definition) is 4. The molecular weight excluding hydrogens is 248 g/mol. The molecule has 0 fully saturated rings. The molecule has 4 heteroatoms. The Labute approximate surface area is 119 Å². The number of benzene rings is 1. The van der Waals surface area contributed by atoms with Crippen molar-refractivity contribution in [3.8, 4) is 17.5 Å². The average Bonchev–Trinajstić information content (AvgIpc) is 2.45. The standard InChI is InChI=1S/C16H18N4/c1-10-8-11(2)13(4)16(12(10)3)14-6-7-15(19-18-14)20(5)9-17/h6-8H,1-5H3. The van der Waals surface area contributed by atoms with E-state index in [-0.39, 0.29) is 0 Å². The Morgan fingerprint density at radius 1 is 1.00 bits per heavy atom. The number of anilines is 1. The average molecular weight is 266 g/mol. The first-order chi connectivity index (χ1) is 9.45. The molecule has 102 valence electrons. The second-order valence-electron chi connectivity index (χ2n) is 5.07. The Morgan fingerprint density at radius 2 is 1.60 bits per heavy atom. The molecule has 1 aromatic heterocycles. The summed E-state index contributed by atoms with van der Waals surface area (Å²) < 4.78 is 0. The van der Waals surface area contributed by atoms with Gasteiger partial charge < -0.3 is 0 Å². The van der Waals surface area contributed by atoms with Gasteiger partial charge in [0.2, 0.25) is 0 Å². The highest BCUT2D eigenvalue weighted by molar-refractivity contribution is 5.70. The lowest BCUT2D eigenvalue weighted by Gasteiger charge is -2.15. The van der Waals surface area contributed by atoms with E-state index < -0.39 is 0 Å². The third-order valence-corrected chi connectivity index (χ3v) is 3.77. The van der Waals surface area contributed by atoms with Gasteiger partial charge in [0, 0.05) is 12.6 Å². The first kappa shape index (κ1) is 14.0. The largest absolute Gasteiger partial charge is 0.265 e. The summed E-state index contributed by atoms with van der Waals surface area (Å²) in [5.74, 6) is 0.552. The molecule has 0 atom stereocenters. The zero-order valence-electron chi connectivity index (χ0n) is 12.5. The predicted octanol–water partition coefficient (Wildman–Crippen LogP) is 3.29. The van der Waals surface area contributed by atoms with Crippen molar-refractivity contribution < 1.29 is 0 Å². The topological polar surface area (TPSA) is 52.8 Å². The molecule has 0 unspecified atom stereocenters. The summed E-state index contributed by atoms with van der Waals surface area (Å²) in [6.07, 6.45) is 2.01. The van der Waals surface area contributed by atoms with Crippen LogP contribution in [0.5, 0.6) is 0 Å². The monoisotopic (exact) mass is 266 g/mol. The maximum absolute atomic E-state index is 8.84. The third kappa shape index (κ3) is 2.35. The number of aryl methyl sites for hydroxylation is 2. The molecule has 1 aromatic carbocycles. The lowest BCUT2D eigenvalue weighted by Crippen LogP contribution is -2.10. The van der Waals surface area contributed by atoms with Crippen LogP contribution in [0.3, 0.4) is 0 Å². The van der Waals surface area contributed by atoms with Crippen LogP contribution in [0.1, 0.15) is 22.3 Å². The van der Waals surface area contributed by atoms with E-state index in [4.69, 9.17) is 5.26 Å². The van der Waals surface area contributed by atoms with Gasteiger partial charge in [-0.1, -0.05) is 6.07 Å². The van der Waals surface area contributed by atoms with E-state index in [0.717, 1.165) is 11.3 Å². The second-order valence-corrected chi connectivity index (χ2v) is 5.07. The van der Waals surface area contributed by atoms with E-state index >= 15 is 0 Å². The van der Waals surface area contributed by atoms with Crippen molar-refractivity contribution in [1.29, 1.82) is 5.26 Å². The third-order valence-electron chi connectivity index (χ3n) is 3.77. The highest BCUT2D eigenvalue weighted by Gasteiger charge is 2.12. The van der Waals surface area contributed by atoms with Crippen LogP contribution in [-0.2, 0) is 0 Å². The Bertz CT molecular complexity index is 655. The molecule has 1 heterocycles. The van der Waals surface area contributed by atoms with Crippen LogP contribution in [0.4, 0.5) is 5.82 Å². The number of rotatable bonds is 2. The van der Waals surface area contributed by atoms with E-state index in [0.29, 0.717) is 5.82 Å². The molecule has 0 bridgehead atoms. The van der Waals surface area contributed by atoms with Gasteiger partial charge in [-0.05, 0) is 62.1 Å². The van der Waals surface area contributed by atoms with Gasteiger partial charge in [-0.3, -0.25) is 4.90 Å². The maximum Gasteiger partial charge on any atom is 0.185 e. The first-order valence-corrected chi connectivity index (χ1v) is 6.50. The molecule has 0 saturated heterocycles. The molecule has 0 aliphatic heterocycles. The molecule has 0 saturated carbocycles. The first-order valence-electron chi connectivity index (χ1n) is 6.50. The van der Waals surface area contributed by atoms with Gasteiger partial charge in [-0.25, -0.2) is 0 Å². The summed E-state index contributed by atoms with van der Waals surface area (Å²) >= 11 is 0. The molecule has 20 heavy (non-hydrogen) atoms. The highest BCUT2D eigenvalue weighted by Crippen LogP contribution is 2.30. The fourth-order valence-corrected chi connectivity index (χ4v) is 2.29. The highest BCUT2D eigenvalue weighted by atomic mass is 15.2. The van der Waals surface area contributed by atoms with Gasteiger partial charge in [-0.2, -0.15) is 5.26 Å². The molecule has 0 radical (unpaired) electrons. The van der Waals surface area contributed by atoms with Crippen LogP contribution in [0.15, 0.2) is 18.2 Å². The molecule has 0 aliphatic carbocycles. The fourth-order valence-electron chi connectivity index (χ4n) is 2.29.